The molecule has 0 saturated carbocycles. The largest absolute Gasteiger partial charge is 0.505 e. The van der Waals surface area contributed by atoms with Crippen molar-refractivity contribution in [2.45, 2.75) is 31.8 Å². The van der Waals surface area contributed by atoms with E-state index >= 15 is 0 Å². The van der Waals surface area contributed by atoms with E-state index in [1.807, 2.05) is 13.8 Å². The molecule has 1 heterocycles. The number of aromatic nitrogens is 1. The molecule has 0 radical (unpaired) electrons. The molecule has 0 fully saturated rings. The fourth-order valence-electron chi connectivity index (χ4n) is 2.39. The summed E-state index contributed by atoms with van der Waals surface area (Å²) >= 11 is 5.98. The number of rotatable bonds is 8. The van der Waals surface area contributed by atoms with E-state index in [0.717, 1.165) is 6.08 Å². The van der Waals surface area contributed by atoms with Crippen LogP contribution >= 0.6 is 11.6 Å². The summed E-state index contributed by atoms with van der Waals surface area (Å²) in [4.78, 5) is 18.5. The molecule has 31 heavy (non-hydrogen) atoms. The number of hydrogen-bond acceptors (Lipinski definition) is 6. The highest BCUT2D eigenvalue weighted by Gasteiger charge is 2.19. The third-order valence-corrected chi connectivity index (χ3v) is 5.42. The first kappa shape index (κ1) is 24.1. The number of hydrogen-bond donors (Lipinski definition) is 2. The molecule has 0 aliphatic heterocycles. The molecule has 1 aromatic heterocycles. The van der Waals surface area contributed by atoms with Gasteiger partial charge < -0.3 is 9.84 Å². The molecule has 2 N–H and O–H groups in total. The summed E-state index contributed by atoms with van der Waals surface area (Å²) in [5.74, 6) is -0.407. The van der Waals surface area contributed by atoms with Crippen LogP contribution in [-0.4, -0.2) is 37.2 Å². The highest BCUT2D eigenvalue weighted by Crippen LogP contribution is 2.28. The van der Waals surface area contributed by atoms with Crippen LogP contribution in [0.15, 0.2) is 64.1 Å². The normalized spacial score (nSPS) is 12.5. The van der Waals surface area contributed by atoms with Gasteiger partial charge in [0.2, 0.25) is 0 Å². The Bertz CT molecular complexity index is 1140. The minimum atomic E-state index is -4.02. The minimum Gasteiger partial charge on any atom is -0.505 e. The number of aliphatic hydroxyl groups is 1. The number of ether oxygens (including phenoxy) is 1. The predicted molar refractivity (Wildman–Crippen MR) is 121 cm³/mol. The van der Waals surface area contributed by atoms with E-state index in [-0.39, 0.29) is 38.7 Å². The van der Waals surface area contributed by atoms with Gasteiger partial charge in [0.05, 0.1) is 21.7 Å². The summed E-state index contributed by atoms with van der Waals surface area (Å²) in [5, 5.41) is 10.7. The van der Waals surface area contributed by atoms with Gasteiger partial charge in [-0.1, -0.05) is 17.7 Å². The molecule has 164 valence electrons. The number of nitrogens with zero attached hydrogens (tertiary/aromatic N) is 2. The number of benzene rings is 1. The van der Waals surface area contributed by atoms with E-state index in [1.54, 1.807) is 12.1 Å². The lowest BCUT2D eigenvalue weighted by molar-refractivity contribution is -0.113. The second-order valence-electron chi connectivity index (χ2n) is 6.65. The van der Waals surface area contributed by atoms with Crippen molar-refractivity contribution in [2.75, 3.05) is 4.72 Å². The topological polar surface area (TPSA) is 118 Å². The Morgan fingerprint density at radius 1 is 1.29 bits per heavy atom. The highest BCUT2D eigenvalue weighted by molar-refractivity contribution is 7.92. The van der Waals surface area contributed by atoms with Crippen molar-refractivity contribution >= 4 is 45.7 Å². The molecule has 0 atom stereocenters. The van der Waals surface area contributed by atoms with E-state index in [1.165, 1.54) is 37.4 Å². The third-order valence-electron chi connectivity index (χ3n) is 3.83. The second-order valence-corrected chi connectivity index (χ2v) is 8.77. The number of amides is 1. The van der Waals surface area contributed by atoms with Crippen molar-refractivity contribution < 1.29 is 23.1 Å². The zero-order valence-electron chi connectivity index (χ0n) is 17.2. The molecule has 0 saturated heterocycles. The van der Waals surface area contributed by atoms with Crippen molar-refractivity contribution in [3.63, 3.8) is 0 Å². The van der Waals surface area contributed by atoms with Gasteiger partial charge in [0, 0.05) is 12.3 Å². The molecule has 0 aliphatic carbocycles. The number of pyridine rings is 1. The van der Waals surface area contributed by atoms with Gasteiger partial charge in [-0.3, -0.25) is 9.52 Å². The number of anilines is 1. The lowest BCUT2D eigenvalue weighted by Crippen LogP contribution is -2.15. The number of allylic oxidation sites excluding steroid dienone is 2. The van der Waals surface area contributed by atoms with Gasteiger partial charge >= 0.3 is 0 Å². The summed E-state index contributed by atoms with van der Waals surface area (Å²) in [6.45, 7) is 8.35. The van der Waals surface area contributed by atoms with Crippen LogP contribution in [0.3, 0.4) is 0 Å². The average Bonchev–Trinajstić information content (AvgIpc) is 2.71. The molecule has 0 unspecified atom stereocenters. The van der Waals surface area contributed by atoms with Crippen molar-refractivity contribution in [1.29, 1.82) is 0 Å². The Balaban J connectivity index is 2.40. The molecular formula is C21H22ClN3O5S. The molecule has 0 spiro atoms. The van der Waals surface area contributed by atoms with E-state index in [4.69, 9.17) is 16.3 Å². The SMILES string of the molecule is C=NC(=O)C=CC(C)=C(O)c1ncc(Cl)cc1NS(=O)(=O)c1ccc(OC(C)C)cc1. The number of aliphatic hydroxyl groups excluding tert-OH is 1. The maximum Gasteiger partial charge on any atom is 0.269 e. The van der Waals surface area contributed by atoms with Crippen LogP contribution in [0.2, 0.25) is 5.02 Å². The summed E-state index contributed by atoms with van der Waals surface area (Å²) in [5.41, 5.74) is 0.157. The van der Waals surface area contributed by atoms with Gasteiger partial charge in [0.1, 0.15) is 17.2 Å². The fourth-order valence-corrected chi connectivity index (χ4v) is 3.61. The lowest BCUT2D eigenvalue weighted by atomic mass is 10.1. The molecule has 8 nitrogen and oxygen atoms in total. The second kappa shape index (κ2) is 10.2. The molecule has 2 aromatic rings. The quantitative estimate of drug-likeness (QED) is 0.259. The maximum absolute atomic E-state index is 12.8. The number of aliphatic imine (C=N–C) groups is 1. The number of nitrogens with one attached hydrogen (secondary N) is 1. The molecule has 2 rings (SSSR count). The van der Waals surface area contributed by atoms with Crippen LogP contribution in [0.5, 0.6) is 5.75 Å². The Kier molecular flexibility index (Phi) is 7.95. The molecule has 1 aromatic carbocycles. The molecule has 0 bridgehead atoms. The summed E-state index contributed by atoms with van der Waals surface area (Å²) < 4.78 is 33.6. The van der Waals surface area contributed by atoms with E-state index in [2.05, 4.69) is 21.4 Å². The zero-order valence-corrected chi connectivity index (χ0v) is 18.7. The Hall–Kier alpha value is -3.17. The average molecular weight is 464 g/mol. The molecule has 10 heteroatoms. The Labute approximate surface area is 186 Å². The van der Waals surface area contributed by atoms with Crippen LogP contribution in [-0.2, 0) is 14.8 Å². The Morgan fingerprint density at radius 2 is 1.94 bits per heavy atom. The number of carbonyl (C=O) groups excluding carboxylic acids is 1. The summed E-state index contributed by atoms with van der Waals surface area (Å²) in [6.07, 6.45) is 3.63. The molecule has 0 aliphatic rings. The van der Waals surface area contributed by atoms with Crippen molar-refractivity contribution in [2.24, 2.45) is 4.99 Å². The first-order chi connectivity index (χ1) is 14.5. The predicted octanol–water partition coefficient (Wildman–Crippen LogP) is 4.40. The van der Waals surface area contributed by atoms with Crippen molar-refractivity contribution in [3.05, 3.63) is 65.0 Å². The molecule has 1 amide bonds. The maximum atomic E-state index is 12.8. The van der Waals surface area contributed by atoms with Crippen molar-refractivity contribution in [1.82, 2.24) is 4.98 Å². The van der Waals surface area contributed by atoms with Gasteiger partial charge in [0.15, 0.2) is 0 Å². The lowest BCUT2D eigenvalue weighted by Gasteiger charge is -2.14. The minimum absolute atomic E-state index is 0.0164. The standard InChI is InChI=1S/C21H22ClN3O5S/c1-13(2)30-16-6-8-17(9-7-16)31(28,29)25-18-11-15(22)12-24-20(18)21(27)14(3)5-10-19(26)23-4/h5-13,25,27H,4H2,1-3H3. The van der Waals surface area contributed by atoms with Crippen molar-refractivity contribution in [3.8, 4) is 5.75 Å². The number of halogens is 1. The van der Waals surface area contributed by atoms with Crippen LogP contribution in [0.25, 0.3) is 5.76 Å². The number of sulfonamides is 1. The zero-order chi connectivity index (χ0) is 23.2. The van der Waals surface area contributed by atoms with Crippen LogP contribution in [0.4, 0.5) is 5.69 Å². The van der Waals surface area contributed by atoms with Gasteiger partial charge in [-0.15, -0.1) is 0 Å². The van der Waals surface area contributed by atoms with E-state index in [9.17, 15) is 18.3 Å². The molecular weight excluding hydrogens is 442 g/mol. The van der Waals surface area contributed by atoms with Crippen LogP contribution < -0.4 is 9.46 Å². The van der Waals surface area contributed by atoms with Gasteiger partial charge in [-0.25, -0.2) is 18.4 Å². The highest BCUT2D eigenvalue weighted by atomic mass is 35.5. The number of carbonyl (C=O) groups is 1. The third kappa shape index (κ3) is 6.66. The smallest absolute Gasteiger partial charge is 0.269 e. The first-order valence-electron chi connectivity index (χ1n) is 9.07. The van der Waals surface area contributed by atoms with Crippen LogP contribution in [0, 0.1) is 0 Å². The van der Waals surface area contributed by atoms with Gasteiger partial charge in [0.25, 0.3) is 15.9 Å². The fraction of sp³-hybridized carbons (Fsp3) is 0.190. The van der Waals surface area contributed by atoms with E-state index < -0.39 is 15.9 Å². The van der Waals surface area contributed by atoms with Crippen LogP contribution in [0.1, 0.15) is 26.5 Å². The Morgan fingerprint density at radius 3 is 2.52 bits per heavy atom. The monoisotopic (exact) mass is 463 g/mol. The van der Waals surface area contributed by atoms with Gasteiger partial charge in [-0.2, -0.15) is 0 Å². The summed E-state index contributed by atoms with van der Waals surface area (Å²) in [7, 11) is -4.02. The summed E-state index contributed by atoms with van der Waals surface area (Å²) in [6, 6.07) is 7.21. The van der Waals surface area contributed by atoms with Gasteiger partial charge in [-0.05, 0) is 63.4 Å². The van der Waals surface area contributed by atoms with E-state index in [0.29, 0.717) is 5.75 Å². The first-order valence-corrected chi connectivity index (χ1v) is 10.9.